The van der Waals surface area contributed by atoms with E-state index in [1.807, 2.05) is 149 Å². The van der Waals surface area contributed by atoms with Crippen LogP contribution in [0.25, 0.3) is 59.5 Å². The van der Waals surface area contributed by atoms with Crippen molar-refractivity contribution >= 4 is 92.8 Å². The van der Waals surface area contributed by atoms with Gasteiger partial charge in [-0.3, -0.25) is 4.79 Å². The van der Waals surface area contributed by atoms with Crippen molar-refractivity contribution in [3.8, 4) is 33.8 Å². The van der Waals surface area contributed by atoms with Gasteiger partial charge in [0, 0.05) is 85.4 Å². The third-order valence-corrected chi connectivity index (χ3v) is 22.3. The van der Waals surface area contributed by atoms with Crippen LogP contribution in [0.2, 0.25) is 0 Å². The summed E-state index contributed by atoms with van der Waals surface area (Å²) in [6.45, 7) is 57.2. The Kier molecular flexibility index (Phi) is 34.2. The highest BCUT2D eigenvalue weighted by molar-refractivity contribution is 9.10. The molecule has 10 heterocycles. The fourth-order valence-electron chi connectivity index (χ4n) is 14.7. The number of carboxylic acids is 2. The van der Waals surface area contributed by atoms with E-state index in [0.29, 0.717) is 43.5 Å². The molecule has 28 nitrogen and oxygen atoms in total. The minimum atomic E-state index is -5.08. The number of hydrogen-bond acceptors (Lipinski definition) is 19. The zero-order chi connectivity index (χ0) is 95.9. The minimum Gasteiger partial charge on any atom is -0.475 e. The van der Waals surface area contributed by atoms with Gasteiger partial charge in [-0.15, -0.1) is 15.3 Å². The van der Waals surface area contributed by atoms with Crippen molar-refractivity contribution in [3.63, 3.8) is 0 Å². The molecule has 1 fully saturated rings. The summed E-state index contributed by atoms with van der Waals surface area (Å²) in [6, 6.07) is 43.1. The summed E-state index contributed by atoms with van der Waals surface area (Å²) in [5.41, 5.74) is 23.4. The molecule has 0 spiro atoms. The van der Waals surface area contributed by atoms with Crippen LogP contribution in [0, 0.1) is 40.5 Å². The van der Waals surface area contributed by atoms with Gasteiger partial charge in [0.2, 0.25) is 0 Å². The van der Waals surface area contributed by atoms with E-state index >= 15 is 0 Å². The summed E-state index contributed by atoms with van der Waals surface area (Å²) in [6.07, 6.45) is 1.69. The number of aromatic nitrogens is 9. The molecule has 3 aromatic heterocycles. The molecule has 688 valence electrons. The number of nitrogens with zero attached hydrogens (tertiary/aromatic N) is 13. The first-order valence-electron chi connectivity index (χ1n) is 42.9. The number of benzene rings is 6. The van der Waals surface area contributed by atoms with E-state index < -0.39 is 29.9 Å². The molecule has 7 N–H and O–H groups in total. The first-order chi connectivity index (χ1) is 61.9. The maximum Gasteiger partial charge on any atom is 0.490 e. The number of carboxylic acid groups (broad SMARTS) is 2. The van der Waals surface area contributed by atoms with Gasteiger partial charge >= 0.3 is 37.5 Å². The Bertz CT molecular complexity index is 5650. The van der Waals surface area contributed by atoms with Crippen LogP contribution in [-0.4, -0.2) is 166 Å². The number of aryl methyl sites for hydroxylation is 6. The molecule has 0 bridgehead atoms. The Morgan fingerprint density at radius 2 is 0.915 bits per heavy atom. The lowest BCUT2D eigenvalue weighted by Gasteiger charge is -2.32. The van der Waals surface area contributed by atoms with Crippen LogP contribution in [0.15, 0.2) is 156 Å². The molecular formula is C94H110BBrF6N18O10. The number of amides is 1. The Balaban J connectivity index is 0.000000186. The fourth-order valence-corrected chi connectivity index (χ4v) is 15.1. The molecule has 0 aliphatic carbocycles. The summed E-state index contributed by atoms with van der Waals surface area (Å²) < 4.78 is 98.8. The Morgan fingerprint density at radius 1 is 0.554 bits per heavy atom. The predicted octanol–water partition coefficient (Wildman–Crippen LogP) is 21.0. The molecule has 16 rings (SSSR count). The molecule has 6 aromatic carbocycles. The van der Waals surface area contributed by atoms with Crippen LogP contribution in [0.4, 0.5) is 65.3 Å². The van der Waals surface area contributed by atoms with Gasteiger partial charge in [-0.2, -0.15) is 26.3 Å². The van der Waals surface area contributed by atoms with Crippen molar-refractivity contribution in [2.45, 2.75) is 215 Å². The first kappa shape index (κ1) is 99.6. The van der Waals surface area contributed by atoms with Crippen molar-refractivity contribution in [1.29, 1.82) is 0 Å². The quantitative estimate of drug-likeness (QED) is 0.0289. The number of hydrogen-bond donors (Lipinski definition) is 7. The van der Waals surface area contributed by atoms with Gasteiger partial charge < -0.3 is 60.5 Å². The number of alkyl halides is 6. The topological polar surface area (TPSA) is 314 Å². The first-order valence-corrected chi connectivity index (χ1v) is 43.0. The Labute approximate surface area is 763 Å². The lowest BCUT2D eigenvalue weighted by molar-refractivity contribution is -0.193. The highest BCUT2D eigenvalue weighted by Crippen LogP contribution is 2.45. The molecule has 3 atom stereocenters. The SMILES string of the molecule is CC(C)(C)OC=O.CC1(C)OB(C2=CCNCC2)OC1(C)C.O=C(O)C(F)(F)F.O=C(O)C(F)(F)F.[2H]CC.[C-]#[N+]c1ccc(NC2CCn3nnc(C)c3-c3ccc(Br)cc32)cc1.[C-]#[N+]c1ccc(NC2CCn3nnc(C)c3-c3ccc(C4=CCN(C(=O)OC(C)(C)C)CC4)cc32)cc1.[C-]#[N+]c1ccc(NC2CCn3nnc(C)c3-c3ccc(C4=CCNCC4)cc32)cc1. The van der Waals surface area contributed by atoms with Gasteiger partial charge in [0.25, 0.3) is 6.47 Å². The van der Waals surface area contributed by atoms with Crippen LogP contribution in [-0.2, 0) is 52.8 Å². The largest absolute Gasteiger partial charge is 0.490 e. The number of halogens is 7. The van der Waals surface area contributed by atoms with Crippen LogP contribution >= 0.6 is 15.9 Å². The molecule has 0 saturated carbocycles. The Hall–Kier alpha value is -12.5. The van der Waals surface area contributed by atoms with Crippen molar-refractivity contribution in [1.82, 2.24) is 60.5 Å². The maximum atomic E-state index is 12.5. The normalized spacial score (nSPS) is 17.3. The van der Waals surface area contributed by atoms with E-state index in [4.69, 9.17) is 54.9 Å². The highest BCUT2D eigenvalue weighted by atomic mass is 79.9. The summed E-state index contributed by atoms with van der Waals surface area (Å²) in [4.78, 5) is 52.1. The molecule has 0 radical (unpaired) electrons. The molecule has 7 aliphatic rings. The molecule has 36 heteroatoms. The summed E-state index contributed by atoms with van der Waals surface area (Å²) >= 11 is 3.60. The maximum absolute atomic E-state index is 12.5. The number of ether oxygens (including phenoxy) is 2. The molecule has 7 aliphatic heterocycles. The van der Waals surface area contributed by atoms with Gasteiger partial charge in [0.05, 0.1) is 83.2 Å². The van der Waals surface area contributed by atoms with E-state index in [1.165, 1.54) is 50.0 Å². The minimum absolute atomic E-state index is 0.0669. The molecule has 130 heavy (non-hydrogen) atoms. The van der Waals surface area contributed by atoms with E-state index in [9.17, 15) is 35.9 Å². The smallest absolute Gasteiger partial charge is 0.475 e. The second kappa shape index (κ2) is 44.7. The van der Waals surface area contributed by atoms with Crippen LogP contribution < -0.4 is 26.6 Å². The van der Waals surface area contributed by atoms with Crippen LogP contribution in [0.3, 0.4) is 0 Å². The number of fused-ring (bicyclic) bond motifs is 9. The molecule has 1 amide bonds. The molecule has 9 aromatic rings. The predicted molar refractivity (Wildman–Crippen MR) is 492 cm³/mol. The zero-order valence-electron chi connectivity index (χ0n) is 76.2. The number of carbonyl (C=O) groups is 4. The highest BCUT2D eigenvalue weighted by Gasteiger charge is 2.52. The van der Waals surface area contributed by atoms with Gasteiger partial charge in [-0.25, -0.2) is 43.0 Å². The van der Waals surface area contributed by atoms with E-state index in [0.717, 1.165) is 151 Å². The number of rotatable bonds is 10. The van der Waals surface area contributed by atoms with E-state index in [1.54, 1.807) is 11.8 Å². The standard InChI is InChI=1S/C29H32N6O2.C24H24N6.C19H16BrN5.C11H20BNO2.C5H10O2.2C2HF3O2.C2H6/c1-19-27-24-11-6-21(20-12-15-34(16-13-20)28(36)37-29(2,3)4)18-25(24)26(14-17-35(27)33-32-19)31-23-9-7-22(30-5)8-10-23;1-16-24-21-8-3-18(17-9-12-26-13-10-17)15-22(21)23(11-14-30(24)29-28-16)27-20-6-4-19(25-2)5-7-20;1-12-19-16-8-3-13(20)11-17(16)18(9-10-25(19)24-23-12)22-15-6-4-14(21-2)5-7-15;1-10(2)11(3,4)15-12(14-10)9-5-7-13-8-6-9;1-5(2,3)7-4-6;2*3-2(4,5)1(6)7;1-2/h6-12,18,26,31H,13-17H2,1-4H3;3-9,15,23,26-27H,10-14H2,1H3;3-8,11,18,22H,9-10H2,1H3;5,13H,6-8H2,1-4H3;4H,1-3H3;2*(H,6,7);1-2H3/i;;;;;;;1D. The van der Waals surface area contributed by atoms with Gasteiger partial charge in [0.1, 0.15) is 11.2 Å². The number of carbonyl (C=O) groups excluding carboxylic acids is 2. The third-order valence-electron chi connectivity index (χ3n) is 21.8. The lowest BCUT2D eigenvalue weighted by Crippen LogP contribution is -2.41. The summed E-state index contributed by atoms with van der Waals surface area (Å²) in [5, 5.41) is 57.9. The summed E-state index contributed by atoms with van der Waals surface area (Å²) in [5.74, 6) is -5.51. The van der Waals surface area contributed by atoms with Gasteiger partial charge in [-0.05, 0) is 247 Å². The zero-order valence-corrected chi connectivity index (χ0v) is 76.8. The lowest BCUT2D eigenvalue weighted by atomic mass is 9.75. The summed E-state index contributed by atoms with van der Waals surface area (Å²) in [7, 11) is -0.142. The average Bonchev–Trinajstić information content (AvgIpc) is 1.65. The monoisotopic (exact) mass is 1860 g/mol. The Morgan fingerprint density at radius 3 is 1.22 bits per heavy atom. The van der Waals surface area contributed by atoms with E-state index in [-0.39, 0.29) is 48.1 Å². The van der Waals surface area contributed by atoms with Crippen LogP contribution in [0.1, 0.15) is 186 Å². The number of aliphatic carboxylic acids is 2. The molecule has 3 unspecified atom stereocenters. The van der Waals surface area contributed by atoms with Crippen molar-refractivity contribution in [2.24, 2.45) is 0 Å². The molecular weight excluding hydrogens is 1750 g/mol. The van der Waals surface area contributed by atoms with Crippen molar-refractivity contribution in [3.05, 3.63) is 235 Å². The van der Waals surface area contributed by atoms with Gasteiger partial charge in [0.15, 0.2) is 17.1 Å². The second-order valence-corrected chi connectivity index (χ2v) is 34.8. The van der Waals surface area contributed by atoms with E-state index in [2.05, 4.69) is 193 Å². The second-order valence-electron chi connectivity index (χ2n) is 33.9. The van der Waals surface area contributed by atoms with Crippen molar-refractivity contribution < 1.29 is 75.9 Å². The number of nitrogens with one attached hydrogen (secondary N) is 5. The van der Waals surface area contributed by atoms with Crippen molar-refractivity contribution in [2.75, 3.05) is 55.2 Å². The van der Waals surface area contributed by atoms with Crippen LogP contribution in [0.5, 0.6) is 0 Å². The molecule has 1 saturated heterocycles. The van der Waals surface area contributed by atoms with Gasteiger partial charge in [-0.1, -0.05) is 130 Å². The number of anilines is 3. The third kappa shape index (κ3) is 27.5. The fraction of sp³-hybridized carbons (Fsp3) is 0.415. The average molecular weight is 1860 g/mol.